The second-order valence-electron chi connectivity index (χ2n) is 9.01. The van der Waals surface area contributed by atoms with Gasteiger partial charge >= 0.3 is 6.18 Å². The summed E-state index contributed by atoms with van der Waals surface area (Å²) in [5.74, 6) is -1.15. The Morgan fingerprint density at radius 3 is 2.21 bits per heavy atom. The minimum atomic E-state index is -4.78. The Labute approximate surface area is 250 Å². The van der Waals surface area contributed by atoms with Gasteiger partial charge in [-0.25, -0.2) is 8.42 Å². The van der Waals surface area contributed by atoms with Gasteiger partial charge in [0.25, 0.3) is 10.0 Å². The van der Waals surface area contributed by atoms with Gasteiger partial charge in [0, 0.05) is 22.2 Å². The van der Waals surface area contributed by atoms with Crippen molar-refractivity contribution >= 4 is 44.7 Å². The highest BCUT2D eigenvalue weighted by molar-refractivity contribution is 7.92. The lowest BCUT2D eigenvalue weighted by Gasteiger charge is -2.25. The van der Waals surface area contributed by atoms with Crippen LogP contribution in [-0.2, 0) is 21.0 Å². The number of methoxy groups -OCH3 is 2. The molecule has 4 aromatic rings. The number of nitrogens with zero attached hydrogens (tertiary/aromatic N) is 1. The van der Waals surface area contributed by atoms with Crippen LogP contribution in [0.5, 0.6) is 11.5 Å². The zero-order valence-corrected chi connectivity index (χ0v) is 24.3. The van der Waals surface area contributed by atoms with Gasteiger partial charge in [-0.3, -0.25) is 13.9 Å². The van der Waals surface area contributed by atoms with E-state index in [2.05, 4.69) is 5.32 Å². The number of alkyl halides is 3. The Balaban J connectivity index is 1.75. The quantitative estimate of drug-likeness (QED) is 0.202. The van der Waals surface area contributed by atoms with E-state index in [4.69, 9.17) is 21.1 Å². The number of carbonyl (C=O) groups excluding carboxylic acids is 2. The molecular formula is C30H24ClF3N2O6S. The third-order valence-corrected chi connectivity index (χ3v) is 8.23. The van der Waals surface area contributed by atoms with Gasteiger partial charge in [-0.1, -0.05) is 48.0 Å². The van der Waals surface area contributed by atoms with E-state index in [1.165, 1.54) is 44.6 Å². The summed E-state index contributed by atoms with van der Waals surface area (Å²) >= 11 is 6.11. The van der Waals surface area contributed by atoms with Crippen molar-refractivity contribution in [2.24, 2.45) is 0 Å². The molecular weight excluding hydrogens is 609 g/mol. The first kappa shape index (κ1) is 31.4. The van der Waals surface area contributed by atoms with E-state index in [-0.39, 0.29) is 32.7 Å². The van der Waals surface area contributed by atoms with Crippen LogP contribution < -0.4 is 19.1 Å². The van der Waals surface area contributed by atoms with Crippen LogP contribution in [0, 0.1) is 0 Å². The van der Waals surface area contributed by atoms with Crippen LogP contribution in [0.1, 0.15) is 21.5 Å². The Hall–Kier alpha value is -4.55. The molecule has 0 heterocycles. The number of ketones is 1. The molecule has 0 unspecified atom stereocenters. The highest BCUT2D eigenvalue weighted by Crippen LogP contribution is 2.35. The first-order valence-electron chi connectivity index (χ1n) is 12.5. The van der Waals surface area contributed by atoms with Gasteiger partial charge in [0.15, 0.2) is 17.3 Å². The van der Waals surface area contributed by atoms with Gasteiger partial charge in [0.1, 0.15) is 6.54 Å². The molecule has 224 valence electrons. The van der Waals surface area contributed by atoms with Crippen LogP contribution >= 0.6 is 11.6 Å². The molecule has 0 atom stereocenters. The fourth-order valence-electron chi connectivity index (χ4n) is 4.14. The summed E-state index contributed by atoms with van der Waals surface area (Å²) in [6, 6.07) is 19.5. The highest BCUT2D eigenvalue weighted by atomic mass is 35.5. The van der Waals surface area contributed by atoms with Crippen LogP contribution in [-0.4, -0.2) is 40.9 Å². The summed E-state index contributed by atoms with van der Waals surface area (Å²) < 4.78 is 79.2. The molecule has 4 aromatic carbocycles. The molecule has 0 radical (unpaired) electrons. The van der Waals surface area contributed by atoms with E-state index in [1.807, 2.05) is 0 Å². The Morgan fingerprint density at radius 1 is 0.860 bits per heavy atom. The van der Waals surface area contributed by atoms with E-state index in [9.17, 15) is 31.2 Å². The van der Waals surface area contributed by atoms with E-state index < -0.39 is 45.7 Å². The zero-order chi connectivity index (χ0) is 31.4. The Morgan fingerprint density at radius 2 is 1.56 bits per heavy atom. The fourth-order valence-corrected chi connectivity index (χ4v) is 5.74. The monoisotopic (exact) mass is 632 g/mol. The Bertz CT molecular complexity index is 1770. The van der Waals surface area contributed by atoms with E-state index in [1.54, 1.807) is 30.3 Å². The first-order chi connectivity index (χ1) is 20.3. The SMILES string of the molecule is COc1ccc(S(=O)(=O)N(CC(=O)Nc2ccc(Cl)cc2C(=O)c2ccccc2)c2cccc(C(F)(F)F)c2)cc1OC. The maximum absolute atomic E-state index is 13.9. The van der Waals surface area contributed by atoms with Gasteiger partial charge in [0.2, 0.25) is 5.91 Å². The summed E-state index contributed by atoms with van der Waals surface area (Å²) in [7, 11) is -2.03. The molecule has 0 bridgehead atoms. The largest absolute Gasteiger partial charge is 0.493 e. The fraction of sp³-hybridized carbons (Fsp3) is 0.133. The van der Waals surface area contributed by atoms with Gasteiger partial charge in [0.05, 0.1) is 36.1 Å². The molecule has 0 fully saturated rings. The van der Waals surface area contributed by atoms with E-state index >= 15 is 0 Å². The molecule has 0 aliphatic heterocycles. The maximum Gasteiger partial charge on any atom is 0.416 e. The third-order valence-electron chi connectivity index (χ3n) is 6.23. The summed E-state index contributed by atoms with van der Waals surface area (Å²) in [5.41, 5.74) is -1.18. The molecule has 43 heavy (non-hydrogen) atoms. The highest BCUT2D eigenvalue weighted by Gasteiger charge is 2.34. The lowest BCUT2D eigenvalue weighted by atomic mass is 10.0. The number of hydrogen-bond acceptors (Lipinski definition) is 6. The molecule has 8 nitrogen and oxygen atoms in total. The minimum Gasteiger partial charge on any atom is -0.493 e. The summed E-state index contributed by atoms with van der Waals surface area (Å²) in [6.07, 6.45) is -4.78. The van der Waals surface area contributed by atoms with Crippen molar-refractivity contribution in [1.82, 2.24) is 0 Å². The van der Waals surface area contributed by atoms with Crippen LogP contribution in [0.2, 0.25) is 5.02 Å². The molecule has 0 saturated carbocycles. The molecule has 0 spiro atoms. The smallest absolute Gasteiger partial charge is 0.416 e. The molecule has 0 aromatic heterocycles. The molecule has 0 aliphatic carbocycles. The lowest BCUT2D eigenvalue weighted by Crippen LogP contribution is -2.38. The number of amides is 1. The van der Waals surface area contributed by atoms with Gasteiger partial charge in [-0.05, 0) is 48.5 Å². The van der Waals surface area contributed by atoms with Crippen molar-refractivity contribution in [2.45, 2.75) is 11.1 Å². The average molecular weight is 633 g/mol. The summed E-state index contributed by atoms with van der Waals surface area (Å²) in [6.45, 7) is -0.945. The molecule has 1 amide bonds. The maximum atomic E-state index is 13.9. The number of halogens is 4. The van der Waals surface area contributed by atoms with Crippen molar-refractivity contribution in [2.75, 3.05) is 30.4 Å². The number of sulfonamides is 1. The van der Waals surface area contributed by atoms with Crippen molar-refractivity contribution in [3.63, 3.8) is 0 Å². The number of hydrogen-bond donors (Lipinski definition) is 1. The number of carbonyl (C=O) groups is 2. The lowest BCUT2D eigenvalue weighted by molar-refractivity contribution is -0.137. The molecule has 1 N–H and O–H groups in total. The van der Waals surface area contributed by atoms with E-state index in [0.29, 0.717) is 15.9 Å². The van der Waals surface area contributed by atoms with Crippen LogP contribution in [0.3, 0.4) is 0 Å². The van der Waals surface area contributed by atoms with Crippen LogP contribution in [0.25, 0.3) is 0 Å². The van der Waals surface area contributed by atoms with Crippen LogP contribution in [0.15, 0.2) is 95.9 Å². The predicted molar refractivity (Wildman–Crippen MR) is 155 cm³/mol. The average Bonchev–Trinajstić information content (AvgIpc) is 3.00. The van der Waals surface area contributed by atoms with E-state index in [0.717, 1.165) is 24.3 Å². The predicted octanol–water partition coefficient (Wildman–Crippen LogP) is 6.44. The minimum absolute atomic E-state index is 0.0239. The van der Waals surface area contributed by atoms with Crippen molar-refractivity contribution in [3.8, 4) is 11.5 Å². The molecule has 0 aliphatic rings. The normalized spacial score (nSPS) is 11.5. The number of nitrogens with one attached hydrogen (secondary N) is 1. The topological polar surface area (TPSA) is 102 Å². The number of rotatable bonds is 10. The second kappa shape index (κ2) is 12.8. The van der Waals surface area contributed by atoms with Gasteiger partial charge < -0.3 is 14.8 Å². The third kappa shape index (κ3) is 7.09. The van der Waals surface area contributed by atoms with Crippen molar-refractivity contribution in [1.29, 1.82) is 0 Å². The summed E-state index contributed by atoms with van der Waals surface area (Å²) in [5, 5.41) is 2.71. The second-order valence-corrected chi connectivity index (χ2v) is 11.3. The van der Waals surface area contributed by atoms with Crippen LogP contribution in [0.4, 0.5) is 24.5 Å². The summed E-state index contributed by atoms with van der Waals surface area (Å²) in [4.78, 5) is 26.2. The molecule has 4 rings (SSSR count). The zero-order valence-electron chi connectivity index (χ0n) is 22.7. The molecule has 0 saturated heterocycles. The van der Waals surface area contributed by atoms with Crippen molar-refractivity contribution in [3.05, 3.63) is 113 Å². The number of benzene rings is 4. The Kier molecular flexibility index (Phi) is 9.31. The van der Waals surface area contributed by atoms with Crippen molar-refractivity contribution < 1.29 is 40.7 Å². The number of anilines is 2. The van der Waals surface area contributed by atoms with Gasteiger partial charge in [-0.2, -0.15) is 13.2 Å². The number of ether oxygens (including phenoxy) is 2. The standard InChI is InChI=1S/C30H24ClF3N2O6S/c1-41-26-14-12-23(17-27(26)42-2)43(39,40)36(22-10-6-9-20(15-22)30(32,33)34)18-28(37)35-25-13-11-21(31)16-24(25)29(38)19-7-4-3-5-8-19/h3-17H,18H2,1-2H3,(H,35,37). The molecule has 13 heteroatoms. The van der Waals surface area contributed by atoms with Gasteiger partial charge in [-0.15, -0.1) is 0 Å². The first-order valence-corrected chi connectivity index (χ1v) is 14.3.